The fraction of sp³-hybridized carbons (Fsp3) is 0.550. The molecule has 164 valence electrons. The van der Waals surface area contributed by atoms with E-state index in [1.165, 1.54) is 12.2 Å². The SMILES string of the molecule is O=C1C=CC(=O)N1CC1CCC(C(=O)ON2C(=O)CCC2=O)(N2C(=O)CCC2=O)CC1. The Kier molecular flexibility index (Phi) is 5.19. The molecule has 0 spiro atoms. The smallest absolute Gasteiger partial charge is 0.328 e. The number of carbonyl (C=O) groups excluding carboxylic acids is 7. The molecule has 0 N–H and O–H groups in total. The maximum absolute atomic E-state index is 13.2. The molecule has 0 atom stereocenters. The minimum absolute atomic E-state index is 0.0265. The molecule has 11 nitrogen and oxygen atoms in total. The van der Waals surface area contributed by atoms with Gasteiger partial charge in [-0.15, -0.1) is 5.06 Å². The van der Waals surface area contributed by atoms with Gasteiger partial charge in [0.05, 0.1) is 0 Å². The first-order valence-corrected chi connectivity index (χ1v) is 10.2. The lowest BCUT2D eigenvalue weighted by molar-refractivity contribution is -0.208. The van der Waals surface area contributed by atoms with Crippen LogP contribution in [0, 0.1) is 5.92 Å². The number of likely N-dealkylation sites (tertiary alicyclic amines) is 1. The fourth-order valence-corrected chi connectivity index (χ4v) is 4.61. The minimum atomic E-state index is -1.62. The number of amides is 6. The number of rotatable bonds is 5. The molecule has 0 aromatic rings. The summed E-state index contributed by atoms with van der Waals surface area (Å²) in [6.07, 6.45) is 2.96. The Hall–Kier alpha value is -3.37. The maximum atomic E-state index is 13.2. The summed E-state index contributed by atoms with van der Waals surface area (Å²) in [7, 11) is 0. The zero-order valence-electron chi connectivity index (χ0n) is 16.7. The number of nitrogens with zero attached hydrogens (tertiary/aromatic N) is 3. The average Bonchev–Trinajstić information content (AvgIpc) is 3.36. The fourth-order valence-electron chi connectivity index (χ4n) is 4.61. The van der Waals surface area contributed by atoms with Gasteiger partial charge in [-0.3, -0.25) is 38.6 Å². The van der Waals surface area contributed by atoms with Crippen LogP contribution in [-0.4, -0.2) is 68.4 Å². The number of hydroxylamine groups is 2. The van der Waals surface area contributed by atoms with Crippen LogP contribution in [0.1, 0.15) is 51.4 Å². The highest BCUT2D eigenvalue weighted by molar-refractivity contribution is 6.13. The zero-order valence-corrected chi connectivity index (χ0v) is 16.7. The van der Waals surface area contributed by atoms with E-state index < -0.39 is 47.0 Å². The van der Waals surface area contributed by atoms with Crippen LogP contribution in [0.15, 0.2) is 12.2 Å². The summed E-state index contributed by atoms with van der Waals surface area (Å²) in [5.41, 5.74) is -1.62. The van der Waals surface area contributed by atoms with Gasteiger partial charge in [-0.2, -0.15) is 0 Å². The average molecular weight is 431 g/mol. The summed E-state index contributed by atoms with van der Waals surface area (Å²) in [4.78, 5) is 92.6. The minimum Gasteiger partial charge on any atom is -0.328 e. The first-order chi connectivity index (χ1) is 14.7. The van der Waals surface area contributed by atoms with Crippen molar-refractivity contribution in [2.45, 2.75) is 56.9 Å². The van der Waals surface area contributed by atoms with E-state index in [9.17, 15) is 33.6 Å². The van der Waals surface area contributed by atoms with Crippen LogP contribution in [0.5, 0.6) is 0 Å². The Morgan fingerprint density at radius 3 is 1.84 bits per heavy atom. The van der Waals surface area contributed by atoms with Crippen molar-refractivity contribution in [1.82, 2.24) is 14.9 Å². The number of imide groups is 3. The van der Waals surface area contributed by atoms with E-state index in [4.69, 9.17) is 4.84 Å². The third-order valence-electron chi connectivity index (χ3n) is 6.31. The van der Waals surface area contributed by atoms with Crippen LogP contribution in [0.25, 0.3) is 0 Å². The van der Waals surface area contributed by atoms with Gasteiger partial charge in [0.25, 0.3) is 23.6 Å². The van der Waals surface area contributed by atoms with Crippen LogP contribution in [0.3, 0.4) is 0 Å². The van der Waals surface area contributed by atoms with Crippen LogP contribution in [0.2, 0.25) is 0 Å². The van der Waals surface area contributed by atoms with Crippen molar-refractivity contribution in [3.8, 4) is 0 Å². The molecule has 0 bridgehead atoms. The molecular formula is C20H21N3O8. The highest BCUT2D eigenvalue weighted by Gasteiger charge is 2.55. The van der Waals surface area contributed by atoms with E-state index in [1.807, 2.05) is 0 Å². The van der Waals surface area contributed by atoms with Gasteiger partial charge in [-0.05, 0) is 31.6 Å². The quantitative estimate of drug-likeness (QED) is 0.536. The predicted molar refractivity (Wildman–Crippen MR) is 98.8 cm³/mol. The Morgan fingerprint density at radius 2 is 1.32 bits per heavy atom. The molecule has 31 heavy (non-hydrogen) atoms. The summed E-state index contributed by atoms with van der Waals surface area (Å²) in [6, 6.07) is 0. The second-order valence-corrected chi connectivity index (χ2v) is 8.18. The van der Waals surface area contributed by atoms with E-state index in [0.717, 1.165) is 9.80 Å². The molecule has 0 aromatic carbocycles. The molecule has 3 fully saturated rings. The number of carbonyl (C=O) groups is 7. The molecule has 3 aliphatic heterocycles. The van der Waals surface area contributed by atoms with Gasteiger partial charge in [-0.25, -0.2) is 4.79 Å². The molecule has 4 aliphatic rings. The molecule has 1 aliphatic carbocycles. The van der Waals surface area contributed by atoms with Gasteiger partial charge >= 0.3 is 5.97 Å². The summed E-state index contributed by atoms with van der Waals surface area (Å²) in [5.74, 6) is -4.25. The van der Waals surface area contributed by atoms with E-state index in [-0.39, 0.29) is 51.0 Å². The van der Waals surface area contributed by atoms with Gasteiger partial charge in [-0.1, -0.05) is 0 Å². The number of hydrogen-bond acceptors (Lipinski definition) is 8. The van der Waals surface area contributed by atoms with Crippen molar-refractivity contribution in [2.24, 2.45) is 5.92 Å². The normalized spacial score (nSPS) is 29.0. The summed E-state index contributed by atoms with van der Waals surface area (Å²) in [5, 5.41) is 0.411. The molecule has 0 unspecified atom stereocenters. The van der Waals surface area contributed by atoms with Crippen molar-refractivity contribution < 1.29 is 38.4 Å². The van der Waals surface area contributed by atoms with E-state index >= 15 is 0 Å². The summed E-state index contributed by atoms with van der Waals surface area (Å²) < 4.78 is 0. The maximum Gasteiger partial charge on any atom is 0.359 e. The lowest BCUT2D eigenvalue weighted by Gasteiger charge is -2.43. The second-order valence-electron chi connectivity index (χ2n) is 8.18. The van der Waals surface area contributed by atoms with Crippen molar-refractivity contribution in [3.63, 3.8) is 0 Å². The van der Waals surface area contributed by atoms with E-state index in [2.05, 4.69) is 0 Å². The van der Waals surface area contributed by atoms with Crippen molar-refractivity contribution in [3.05, 3.63) is 12.2 Å². The topological polar surface area (TPSA) is 138 Å². The molecule has 0 radical (unpaired) electrons. The van der Waals surface area contributed by atoms with Crippen molar-refractivity contribution >= 4 is 41.4 Å². The molecule has 2 saturated heterocycles. The Balaban J connectivity index is 1.53. The highest BCUT2D eigenvalue weighted by atomic mass is 16.7. The van der Waals surface area contributed by atoms with E-state index in [0.29, 0.717) is 17.9 Å². The third kappa shape index (κ3) is 3.53. The van der Waals surface area contributed by atoms with Crippen molar-refractivity contribution in [1.29, 1.82) is 0 Å². The Labute approximate surface area is 176 Å². The lowest BCUT2D eigenvalue weighted by atomic mass is 9.75. The van der Waals surface area contributed by atoms with Crippen molar-refractivity contribution in [2.75, 3.05) is 6.54 Å². The first kappa shape index (κ1) is 20.9. The number of hydrogen-bond donors (Lipinski definition) is 0. The lowest BCUT2D eigenvalue weighted by Crippen LogP contribution is -2.60. The van der Waals surface area contributed by atoms with Gasteiger partial charge in [0.15, 0.2) is 5.54 Å². The van der Waals surface area contributed by atoms with Gasteiger partial charge in [0.2, 0.25) is 11.8 Å². The zero-order chi connectivity index (χ0) is 22.3. The molecule has 3 heterocycles. The van der Waals surface area contributed by atoms with Gasteiger partial charge in [0.1, 0.15) is 0 Å². The highest BCUT2D eigenvalue weighted by Crippen LogP contribution is 2.41. The molecule has 4 rings (SSSR count). The Bertz CT molecular complexity index is 881. The largest absolute Gasteiger partial charge is 0.359 e. The molecule has 1 saturated carbocycles. The summed E-state index contributed by atoms with van der Waals surface area (Å²) in [6.45, 7) is 0.167. The molecule has 6 amide bonds. The van der Waals surface area contributed by atoms with E-state index in [1.54, 1.807) is 0 Å². The second kappa shape index (κ2) is 7.71. The van der Waals surface area contributed by atoms with Gasteiger partial charge < -0.3 is 4.84 Å². The predicted octanol–water partition coefficient (Wildman–Crippen LogP) is -0.403. The van der Waals surface area contributed by atoms with Gasteiger partial charge in [0, 0.05) is 44.4 Å². The van der Waals surface area contributed by atoms with Crippen LogP contribution < -0.4 is 0 Å². The standard InChI is InChI=1S/C20H21N3O8/c24-13-1-2-14(25)21(13)11-12-7-9-20(10-8-12,22-15(26)3-4-16(22)27)19(30)31-23-17(28)5-6-18(23)29/h1-2,12H,3-11H2. The van der Waals surface area contributed by atoms with Crippen LogP contribution >= 0.6 is 0 Å². The molecule has 11 heteroatoms. The summed E-state index contributed by atoms with van der Waals surface area (Å²) >= 11 is 0. The molecule has 0 aromatic heterocycles. The van der Waals surface area contributed by atoms with Crippen LogP contribution in [-0.2, 0) is 38.4 Å². The molecular weight excluding hydrogens is 410 g/mol. The first-order valence-electron chi connectivity index (χ1n) is 10.2. The van der Waals surface area contributed by atoms with Crippen LogP contribution in [0.4, 0.5) is 0 Å². The Morgan fingerprint density at radius 1 is 0.839 bits per heavy atom. The monoisotopic (exact) mass is 431 g/mol. The third-order valence-corrected chi connectivity index (χ3v) is 6.31.